The molecule has 106 valence electrons. The van der Waals surface area contributed by atoms with Crippen molar-refractivity contribution in [2.75, 3.05) is 11.9 Å². The highest BCUT2D eigenvalue weighted by atomic mass is 16.1. The summed E-state index contributed by atoms with van der Waals surface area (Å²) >= 11 is 0. The molecule has 2 N–H and O–H groups in total. The van der Waals surface area contributed by atoms with E-state index in [-0.39, 0.29) is 17.9 Å². The van der Waals surface area contributed by atoms with Crippen LogP contribution in [-0.2, 0) is 4.79 Å². The van der Waals surface area contributed by atoms with Crippen molar-refractivity contribution in [1.29, 1.82) is 0 Å². The van der Waals surface area contributed by atoms with E-state index in [1.54, 1.807) is 0 Å². The van der Waals surface area contributed by atoms with Crippen LogP contribution in [0.15, 0.2) is 24.3 Å². The van der Waals surface area contributed by atoms with E-state index >= 15 is 0 Å². The first kappa shape index (κ1) is 15.7. The van der Waals surface area contributed by atoms with Gasteiger partial charge in [-0.2, -0.15) is 0 Å². The molecule has 0 saturated carbocycles. The molecule has 0 radical (unpaired) electrons. The van der Waals surface area contributed by atoms with E-state index in [1.807, 2.05) is 32.0 Å². The smallest absolute Gasteiger partial charge is 0.227 e. The summed E-state index contributed by atoms with van der Waals surface area (Å²) in [6.07, 6.45) is 1.96. The highest BCUT2D eigenvalue weighted by Crippen LogP contribution is 2.23. The number of anilines is 1. The van der Waals surface area contributed by atoms with Gasteiger partial charge in [0, 0.05) is 17.6 Å². The highest BCUT2D eigenvalue weighted by molar-refractivity contribution is 5.93. The van der Waals surface area contributed by atoms with Gasteiger partial charge >= 0.3 is 0 Å². The first-order valence-electron chi connectivity index (χ1n) is 7.23. The average Bonchev–Trinajstić information content (AvgIpc) is 2.44. The van der Waals surface area contributed by atoms with Crippen LogP contribution in [0.2, 0.25) is 0 Å². The number of amides is 1. The molecule has 0 heterocycles. The van der Waals surface area contributed by atoms with Crippen LogP contribution >= 0.6 is 0 Å². The van der Waals surface area contributed by atoms with Gasteiger partial charge in [-0.15, -0.1) is 0 Å². The van der Waals surface area contributed by atoms with Crippen LogP contribution in [0.5, 0.6) is 0 Å². The predicted molar refractivity (Wildman–Crippen MR) is 81.2 cm³/mol. The normalized spacial score (nSPS) is 13.9. The maximum atomic E-state index is 12.0. The Hall–Kier alpha value is -1.35. The van der Waals surface area contributed by atoms with E-state index < -0.39 is 0 Å². The minimum absolute atomic E-state index is 0.0481. The zero-order chi connectivity index (χ0) is 14.3. The van der Waals surface area contributed by atoms with Gasteiger partial charge in [0.1, 0.15) is 0 Å². The molecule has 1 aromatic carbocycles. The van der Waals surface area contributed by atoms with E-state index in [9.17, 15) is 4.79 Å². The Balaban J connectivity index is 2.80. The Morgan fingerprint density at radius 2 is 1.89 bits per heavy atom. The summed E-state index contributed by atoms with van der Waals surface area (Å²) < 4.78 is 0. The molecular formula is C16H26N2O. The molecule has 1 amide bonds. The van der Waals surface area contributed by atoms with Crippen LogP contribution in [0.1, 0.15) is 52.1 Å². The Bertz CT molecular complexity index is 403. The lowest BCUT2D eigenvalue weighted by molar-refractivity contribution is -0.119. The van der Waals surface area contributed by atoms with Crippen LogP contribution < -0.4 is 10.6 Å². The predicted octanol–water partition coefficient (Wildman–Crippen LogP) is 3.73. The number of rotatable bonds is 7. The van der Waals surface area contributed by atoms with Crippen molar-refractivity contribution in [1.82, 2.24) is 5.32 Å². The van der Waals surface area contributed by atoms with E-state index in [4.69, 9.17) is 0 Å². The van der Waals surface area contributed by atoms with Gasteiger partial charge in [0.05, 0.1) is 0 Å². The lowest BCUT2D eigenvalue weighted by Gasteiger charge is -2.19. The summed E-state index contributed by atoms with van der Waals surface area (Å²) in [5, 5.41) is 6.49. The van der Waals surface area contributed by atoms with Crippen molar-refractivity contribution in [2.45, 2.75) is 46.6 Å². The van der Waals surface area contributed by atoms with Gasteiger partial charge in [-0.3, -0.25) is 4.79 Å². The summed E-state index contributed by atoms with van der Waals surface area (Å²) in [5.74, 6) is 0.143. The summed E-state index contributed by atoms with van der Waals surface area (Å²) in [5.41, 5.74) is 2.07. The molecule has 3 nitrogen and oxygen atoms in total. The van der Waals surface area contributed by atoms with Gasteiger partial charge in [-0.05, 0) is 37.9 Å². The Kier molecular flexibility index (Phi) is 6.57. The van der Waals surface area contributed by atoms with Crippen molar-refractivity contribution in [3.8, 4) is 0 Å². The molecule has 0 bridgehead atoms. The molecule has 2 atom stereocenters. The third-order valence-electron chi connectivity index (χ3n) is 3.45. The maximum absolute atomic E-state index is 12.0. The zero-order valence-electron chi connectivity index (χ0n) is 12.5. The first-order valence-corrected chi connectivity index (χ1v) is 7.23. The highest BCUT2D eigenvalue weighted by Gasteiger charge is 2.14. The molecule has 0 saturated heterocycles. The number of nitrogens with one attached hydrogen (secondary N) is 2. The minimum atomic E-state index is 0.0481. The topological polar surface area (TPSA) is 41.1 Å². The van der Waals surface area contributed by atoms with E-state index in [0.29, 0.717) is 0 Å². The molecule has 2 unspecified atom stereocenters. The van der Waals surface area contributed by atoms with E-state index in [0.717, 1.165) is 30.6 Å². The van der Waals surface area contributed by atoms with Gasteiger partial charge < -0.3 is 10.6 Å². The van der Waals surface area contributed by atoms with Crippen molar-refractivity contribution < 1.29 is 4.79 Å². The molecule has 0 aromatic heterocycles. The minimum Gasteiger partial charge on any atom is -0.326 e. The largest absolute Gasteiger partial charge is 0.326 e. The van der Waals surface area contributed by atoms with Crippen molar-refractivity contribution in [3.05, 3.63) is 29.8 Å². The third-order valence-corrected chi connectivity index (χ3v) is 3.45. The fourth-order valence-corrected chi connectivity index (χ4v) is 1.90. The fourth-order valence-electron chi connectivity index (χ4n) is 1.90. The number of para-hydroxylation sites is 1. The summed E-state index contributed by atoms with van der Waals surface area (Å²) in [6, 6.07) is 8.26. The lowest BCUT2D eigenvalue weighted by atomic mass is 10.0. The summed E-state index contributed by atoms with van der Waals surface area (Å²) in [7, 11) is 0. The van der Waals surface area contributed by atoms with Gasteiger partial charge in [0.25, 0.3) is 0 Å². The van der Waals surface area contributed by atoms with Gasteiger partial charge in [-0.1, -0.05) is 39.0 Å². The second-order valence-electron chi connectivity index (χ2n) is 5.06. The summed E-state index contributed by atoms with van der Waals surface area (Å²) in [6.45, 7) is 9.24. The fraction of sp³-hybridized carbons (Fsp3) is 0.562. The van der Waals surface area contributed by atoms with Crippen LogP contribution in [0, 0.1) is 5.92 Å². The summed E-state index contributed by atoms with van der Waals surface area (Å²) in [4.78, 5) is 12.0. The second-order valence-corrected chi connectivity index (χ2v) is 5.06. The first-order chi connectivity index (χ1) is 9.10. The van der Waals surface area contributed by atoms with Crippen molar-refractivity contribution in [2.24, 2.45) is 5.92 Å². The SMILES string of the molecule is CCCNC(C)c1ccccc1NC(=O)C(C)CC. The molecule has 0 spiro atoms. The average molecular weight is 262 g/mol. The van der Waals surface area contributed by atoms with E-state index in [1.165, 1.54) is 0 Å². The molecule has 0 aliphatic carbocycles. The molecule has 3 heteroatoms. The van der Waals surface area contributed by atoms with Crippen molar-refractivity contribution >= 4 is 11.6 Å². The van der Waals surface area contributed by atoms with Gasteiger partial charge in [0.15, 0.2) is 0 Å². The molecule has 0 aliphatic heterocycles. The number of hydrogen-bond donors (Lipinski definition) is 2. The monoisotopic (exact) mass is 262 g/mol. The molecule has 0 aliphatic rings. The Morgan fingerprint density at radius 3 is 2.53 bits per heavy atom. The van der Waals surface area contributed by atoms with Gasteiger partial charge in [0.2, 0.25) is 5.91 Å². The quantitative estimate of drug-likeness (QED) is 0.786. The molecular weight excluding hydrogens is 236 g/mol. The number of carbonyl (C=O) groups is 1. The molecule has 1 rings (SSSR count). The standard InChI is InChI=1S/C16H26N2O/c1-5-11-17-13(4)14-9-7-8-10-15(14)18-16(19)12(3)6-2/h7-10,12-13,17H,5-6,11H2,1-4H3,(H,18,19). The number of carbonyl (C=O) groups excluding carboxylic acids is 1. The van der Waals surface area contributed by atoms with Crippen LogP contribution in [0.25, 0.3) is 0 Å². The number of benzene rings is 1. The molecule has 19 heavy (non-hydrogen) atoms. The van der Waals surface area contributed by atoms with Crippen molar-refractivity contribution in [3.63, 3.8) is 0 Å². The second kappa shape index (κ2) is 7.95. The van der Waals surface area contributed by atoms with Crippen LogP contribution in [0.4, 0.5) is 5.69 Å². The van der Waals surface area contributed by atoms with Gasteiger partial charge in [-0.25, -0.2) is 0 Å². The number of hydrogen-bond acceptors (Lipinski definition) is 2. The lowest BCUT2D eigenvalue weighted by Crippen LogP contribution is -2.24. The Labute approximate surface area is 116 Å². The third kappa shape index (κ3) is 4.67. The van der Waals surface area contributed by atoms with Crippen LogP contribution in [-0.4, -0.2) is 12.5 Å². The van der Waals surface area contributed by atoms with Crippen LogP contribution in [0.3, 0.4) is 0 Å². The maximum Gasteiger partial charge on any atom is 0.227 e. The Morgan fingerprint density at radius 1 is 1.21 bits per heavy atom. The molecule has 0 fully saturated rings. The van der Waals surface area contributed by atoms with E-state index in [2.05, 4.69) is 30.5 Å². The molecule has 1 aromatic rings. The zero-order valence-corrected chi connectivity index (χ0v) is 12.5.